The summed E-state index contributed by atoms with van der Waals surface area (Å²) in [5, 5.41) is 16.5. The number of amides is 1. The van der Waals surface area contributed by atoms with Crippen LogP contribution in [-0.4, -0.2) is 28.8 Å². The van der Waals surface area contributed by atoms with Crippen LogP contribution in [0.5, 0.6) is 11.5 Å². The monoisotopic (exact) mass is 398 g/mol. The molecule has 4 rings (SSSR count). The Morgan fingerprint density at radius 3 is 2.43 bits per heavy atom. The van der Waals surface area contributed by atoms with Crippen molar-refractivity contribution in [2.24, 2.45) is 5.10 Å². The quantitative estimate of drug-likeness (QED) is 0.629. The molecule has 3 aromatic carbocycles. The van der Waals surface area contributed by atoms with Gasteiger partial charge in [0.2, 0.25) is 0 Å². The second kappa shape index (κ2) is 8.66. The molecule has 1 aliphatic rings. The molecule has 0 bridgehead atoms. The van der Waals surface area contributed by atoms with Crippen LogP contribution in [0.15, 0.2) is 90.0 Å². The Hall–Kier alpha value is -3.86. The van der Waals surface area contributed by atoms with Crippen LogP contribution in [0.2, 0.25) is 0 Å². The van der Waals surface area contributed by atoms with Crippen LogP contribution in [0.3, 0.4) is 0 Å². The van der Waals surface area contributed by atoms with Crippen molar-refractivity contribution in [1.82, 2.24) is 5.01 Å². The van der Waals surface area contributed by atoms with E-state index in [1.807, 2.05) is 60.7 Å². The van der Waals surface area contributed by atoms with E-state index in [2.05, 4.69) is 5.10 Å². The normalized spacial score (nSPS) is 16.0. The van der Waals surface area contributed by atoms with E-state index in [4.69, 9.17) is 4.74 Å². The van der Waals surface area contributed by atoms with Gasteiger partial charge in [-0.1, -0.05) is 60.7 Å². The molecule has 1 aliphatic heterocycles. The Balaban J connectivity index is 1.66. The fraction of sp³-hybridized carbons (Fsp3) is 0.120. The average Bonchev–Trinajstić information content (AvgIpc) is 3.24. The lowest BCUT2D eigenvalue weighted by Crippen LogP contribution is -2.25. The first-order valence-electron chi connectivity index (χ1n) is 9.72. The van der Waals surface area contributed by atoms with Crippen LogP contribution in [0, 0.1) is 0 Å². The number of carbonyl (C=O) groups is 1. The molecule has 0 fully saturated rings. The predicted molar refractivity (Wildman–Crippen MR) is 117 cm³/mol. The summed E-state index contributed by atoms with van der Waals surface area (Å²) in [7, 11) is 1.55. The van der Waals surface area contributed by atoms with Crippen molar-refractivity contribution >= 4 is 17.7 Å². The second-order valence-corrected chi connectivity index (χ2v) is 6.99. The van der Waals surface area contributed by atoms with E-state index >= 15 is 0 Å². The summed E-state index contributed by atoms with van der Waals surface area (Å²) in [5.74, 6) is 0.429. The number of phenols is 1. The Bertz CT molecular complexity index is 1090. The highest BCUT2D eigenvalue weighted by Gasteiger charge is 2.33. The topological polar surface area (TPSA) is 62.1 Å². The van der Waals surface area contributed by atoms with Gasteiger partial charge in [-0.3, -0.25) is 4.79 Å². The van der Waals surface area contributed by atoms with Crippen molar-refractivity contribution in [1.29, 1.82) is 0 Å². The van der Waals surface area contributed by atoms with Gasteiger partial charge in [-0.2, -0.15) is 5.10 Å². The zero-order valence-corrected chi connectivity index (χ0v) is 16.6. The van der Waals surface area contributed by atoms with Crippen molar-refractivity contribution in [2.75, 3.05) is 7.11 Å². The Morgan fingerprint density at radius 2 is 1.77 bits per heavy atom. The van der Waals surface area contributed by atoms with Crippen molar-refractivity contribution in [3.63, 3.8) is 0 Å². The summed E-state index contributed by atoms with van der Waals surface area (Å²) in [5.41, 5.74) is 3.19. The molecular weight excluding hydrogens is 376 g/mol. The van der Waals surface area contributed by atoms with E-state index in [9.17, 15) is 9.90 Å². The summed E-state index contributed by atoms with van der Waals surface area (Å²) in [6.45, 7) is 0. The van der Waals surface area contributed by atoms with Crippen molar-refractivity contribution in [3.05, 3.63) is 102 Å². The molecule has 1 amide bonds. The number of nitrogens with zero attached hydrogens (tertiary/aromatic N) is 2. The van der Waals surface area contributed by atoms with Crippen LogP contribution < -0.4 is 4.74 Å². The molecule has 0 radical (unpaired) electrons. The molecule has 30 heavy (non-hydrogen) atoms. The summed E-state index contributed by atoms with van der Waals surface area (Å²) < 4.78 is 5.16. The van der Waals surface area contributed by atoms with Crippen molar-refractivity contribution in [2.45, 2.75) is 12.5 Å². The van der Waals surface area contributed by atoms with Crippen LogP contribution in [0.4, 0.5) is 0 Å². The van der Waals surface area contributed by atoms with Crippen molar-refractivity contribution < 1.29 is 14.6 Å². The minimum absolute atomic E-state index is 0.0778. The smallest absolute Gasteiger partial charge is 0.267 e. The van der Waals surface area contributed by atoms with Gasteiger partial charge < -0.3 is 9.84 Å². The molecule has 150 valence electrons. The molecule has 0 aromatic heterocycles. The van der Waals surface area contributed by atoms with Crippen LogP contribution in [0.1, 0.15) is 29.2 Å². The molecule has 1 heterocycles. The first-order valence-corrected chi connectivity index (χ1v) is 9.72. The highest BCUT2D eigenvalue weighted by atomic mass is 16.5. The fourth-order valence-electron chi connectivity index (χ4n) is 3.50. The standard InChI is InChI=1S/C25H22N2O3/c1-30-20-13-14-21(24(28)16-20)22-17-23(19-10-6-3-7-11-19)27(26-22)25(29)15-12-18-8-4-2-5-9-18/h2-16,23,28H,17H2,1H3. The lowest BCUT2D eigenvalue weighted by atomic mass is 9.98. The third-order valence-electron chi connectivity index (χ3n) is 5.05. The van der Waals surface area contributed by atoms with Crippen LogP contribution in [-0.2, 0) is 4.79 Å². The number of phenolic OH excluding ortho intramolecular Hbond substituents is 1. The summed E-state index contributed by atoms with van der Waals surface area (Å²) >= 11 is 0. The van der Waals surface area contributed by atoms with E-state index in [0.29, 0.717) is 23.4 Å². The van der Waals surface area contributed by atoms with Gasteiger partial charge in [0.25, 0.3) is 5.91 Å². The molecule has 1 atom stereocenters. The molecule has 0 saturated heterocycles. The first kappa shape index (κ1) is 19.5. The summed E-state index contributed by atoms with van der Waals surface area (Å²) in [4.78, 5) is 13.0. The van der Waals surface area contributed by atoms with Gasteiger partial charge in [0.1, 0.15) is 11.5 Å². The molecule has 5 nitrogen and oxygen atoms in total. The SMILES string of the molecule is COc1ccc(C2=NN(C(=O)C=Cc3ccccc3)C(c3ccccc3)C2)c(O)c1. The number of aromatic hydroxyl groups is 1. The number of ether oxygens (including phenoxy) is 1. The van der Waals surface area contributed by atoms with Gasteiger partial charge >= 0.3 is 0 Å². The van der Waals surface area contributed by atoms with Gasteiger partial charge in [0.05, 0.1) is 18.9 Å². The minimum atomic E-state index is -0.240. The second-order valence-electron chi connectivity index (χ2n) is 6.99. The molecular formula is C25H22N2O3. The maximum atomic E-state index is 13.0. The summed E-state index contributed by atoms with van der Waals surface area (Å²) in [6, 6.07) is 24.3. The number of hydrazone groups is 1. The molecule has 1 N–H and O–H groups in total. The lowest BCUT2D eigenvalue weighted by Gasteiger charge is -2.20. The number of benzene rings is 3. The van der Waals surface area contributed by atoms with Gasteiger partial charge in [-0.05, 0) is 29.3 Å². The van der Waals surface area contributed by atoms with E-state index in [-0.39, 0.29) is 17.7 Å². The van der Waals surface area contributed by atoms with Crippen LogP contribution >= 0.6 is 0 Å². The van der Waals surface area contributed by atoms with Gasteiger partial charge in [-0.15, -0.1) is 0 Å². The van der Waals surface area contributed by atoms with Crippen molar-refractivity contribution in [3.8, 4) is 11.5 Å². The van der Waals surface area contributed by atoms with Gasteiger partial charge in [-0.25, -0.2) is 5.01 Å². The van der Waals surface area contributed by atoms with Gasteiger partial charge in [0, 0.05) is 24.1 Å². The number of rotatable bonds is 5. The molecule has 1 unspecified atom stereocenters. The molecule has 0 spiro atoms. The number of carbonyl (C=O) groups excluding carboxylic acids is 1. The summed E-state index contributed by atoms with van der Waals surface area (Å²) in [6.07, 6.45) is 3.82. The zero-order chi connectivity index (χ0) is 20.9. The molecule has 0 aliphatic carbocycles. The number of hydrogen-bond donors (Lipinski definition) is 1. The van der Waals surface area contributed by atoms with Gasteiger partial charge in [0.15, 0.2) is 0 Å². The first-order chi connectivity index (χ1) is 14.7. The molecule has 3 aromatic rings. The maximum absolute atomic E-state index is 13.0. The van der Waals surface area contributed by atoms with E-state index in [0.717, 1.165) is 11.1 Å². The average molecular weight is 398 g/mol. The van der Waals surface area contributed by atoms with E-state index in [1.54, 1.807) is 31.4 Å². The third kappa shape index (κ3) is 4.10. The van der Waals surface area contributed by atoms with Crippen LogP contribution in [0.25, 0.3) is 6.08 Å². The number of hydrogen-bond acceptors (Lipinski definition) is 4. The molecule has 0 saturated carbocycles. The highest BCUT2D eigenvalue weighted by molar-refractivity contribution is 6.06. The van der Waals surface area contributed by atoms with E-state index in [1.165, 1.54) is 11.1 Å². The largest absolute Gasteiger partial charge is 0.507 e. The third-order valence-corrected chi connectivity index (χ3v) is 5.05. The fourth-order valence-corrected chi connectivity index (χ4v) is 3.50. The molecule has 5 heteroatoms. The zero-order valence-electron chi connectivity index (χ0n) is 16.6. The van der Waals surface area contributed by atoms with E-state index < -0.39 is 0 Å². The Labute approximate surface area is 175 Å². The minimum Gasteiger partial charge on any atom is -0.507 e. The Morgan fingerprint density at radius 1 is 1.07 bits per heavy atom. The lowest BCUT2D eigenvalue weighted by molar-refractivity contribution is -0.127. The Kier molecular flexibility index (Phi) is 5.61. The number of methoxy groups -OCH3 is 1. The predicted octanol–water partition coefficient (Wildman–Crippen LogP) is 4.79. The highest BCUT2D eigenvalue weighted by Crippen LogP contribution is 2.35. The maximum Gasteiger partial charge on any atom is 0.267 e.